The second-order valence-electron chi connectivity index (χ2n) is 15.1. The van der Waals surface area contributed by atoms with E-state index in [1.54, 1.807) is 0 Å². The Bertz CT molecular complexity index is 2120. The molecule has 0 radical (unpaired) electrons. The number of phosphoric ester groups is 3. The topological polar surface area (TPSA) is 421 Å². The van der Waals surface area contributed by atoms with Gasteiger partial charge in [0.25, 0.3) is 0 Å². The standard InChI is InChI=1S/C32H52N7O20P3S/c1-18(2)6-5-8-32(47,12-21(41)42)13-22(43)63-11-10-34-20(40)7-9-35-29(46)26(45)31(3,4)15-56-62(53,54)59-61(51,52)55-14-19-25(58-60(48,49)50)24(44)30(57-19)39-17-38-23-27(33)36-16-37-28(23)39/h6,16-17,19,24-26,30,44-45,47H,5,7-15H2,1-4H3,(H,34,40)(H,35,46)(H,41,42)(H,51,52)(H,53,54)(H2,33,36,37)(H2,48,49,50)/t19-,24-,25-,26-,30-,32?/m1/s1. The van der Waals surface area contributed by atoms with E-state index in [4.69, 9.17) is 24.6 Å². The fourth-order valence-electron chi connectivity index (χ4n) is 5.77. The Balaban J connectivity index is 1.45. The number of hydrogen-bond donors (Lipinski definition) is 11. The van der Waals surface area contributed by atoms with Crippen molar-refractivity contribution >= 4 is 75.1 Å². The first-order valence-corrected chi connectivity index (χ1v) is 24.2. The van der Waals surface area contributed by atoms with Gasteiger partial charge in [0.1, 0.15) is 36.3 Å². The molecule has 0 aliphatic carbocycles. The Morgan fingerprint density at radius 2 is 1.70 bits per heavy atom. The number of amides is 2. The number of allylic oxidation sites excluding steroid dienone is 2. The van der Waals surface area contributed by atoms with Gasteiger partial charge >= 0.3 is 29.4 Å². The summed E-state index contributed by atoms with van der Waals surface area (Å²) in [6.07, 6.45) is -5.95. The zero-order chi connectivity index (χ0) is 47.6. The summed E-state index contributed by atoms with van der Waals surface area (Å²) in [5.41, 5.74) is 3.41. The van der Waals surface area contributed by atoms with Gasteiger partial charge in [0, 0.05) is 37.1 Å². The van der Waals surface area contributed by atoms with E-state index in [1.165, 1.54) is 13.8 Å². The molecule has 0 bridgehead atoms. The summed E-state index contributed by atoms with van der Waals surface area (Å²) < 4.78 is 62.2. The number of thioether (sulfide) groups is 1. The molecule has 3 heterocycles. The highest BCUT2D eigenvalue weighted by atomic mass is 32.2. The molecule has 0 saturated carbocycles. The van der Waals surface area contributed by atoms with Crippen LogP contribution in [0.4, 0.5) is 5.82 Å². The van der Waals surface area contributed by atoms with Crippen LogP contribution in [0.15, 0.2) is 24.3 Å². The van der Waals surface area contributed by atoms with Crippen molar-refractivity contribution < 1.29 is 95.5 Å². The number of aliphatic hydroxyl groups is 3. The normalized spacial score (nSPS) is 21.4. The van der Waals surface area contributed by atoms with E-state index in [1.807, 2.05) is 19.9 Å². The highest BCUT2D eigenvalue weighted by Gasteiger charge is 2.50. The van der Waals surface area contributed by atoms with Gasteiger partial charge in [-0.15, -0.1) is 0 Å². The lowest BCUT2D eigenvalue weighted by atomic mass is 9.87. The number of ether oxygens (including phenoxy) is 1. The zero-order valence-corrected chi connectivity index (χ0v) is 37.8. The molecule has 0 spiro atoms. The van der Waals surface area contributed by atoms with Crippen molar-refractivity contribution in [2.75, 3.05) is 37.8 Å². The number of carboxylic acid groups (broad SMARTS) is 1. The summed E-state index contributed by atoms with van der Waals surface area (Å²) in [5.74, 6) is -2.80. The molecule has 2 amide bonds. The minimum atomic E-state index is -5.61. The minimum Gasteiger partial charge on any atom is -0.481 e. The third-order valence-corrected chi connectivity index (χ3v) is 12.9. The van der Waals surface area contributed by atoms with E-state index >= 15 is 0 Å². The van der Waals surface area contributed by atoms with Crippen LogP contribution < -0.4 is 16.4 Å². The number of aliphatic hydroxyl groups excluding tert-OH is 2. The van der Waals surface area contributed by atoms with E-state index in [0.717, 1.165) is 34.6 Å². The largest absolute Gasteiger partial charge is 0.481 e. The number of nitrogen functional groups attached to an aromatic ring is 1. The lowest BCUT2D eigenvalue weighted by molar-refractivity contribution is -0.143. The van der Waals surface area contributed by atoms with Crippen LogP contribution >= 0.6 is 35.2 Å². The SMILES string of the molecule is CC(C)=CCCC(O)(CC(=O)O)CC(=O)SCCNC(=O)CCNC(=O)[C@@H](O)C(C)(C)COP(=O)(O)OP(=O)(O)OC[C@H]1O[C@@H](n2cnc3c(N)ncnc32)[C@H](O)[C@@H]1OP(=O)(O)O. The third kappa shape index (κ3) is 17.6. The number of carbonyl (C=O) groups excluding carboxylic acids is 3. The van der Waals surface area contributed by atoms with Crippen LogP contribution in [0, 0.1) is 5.41 Å². The van der Waals surface area contributed by atoms with Crippen LogP contribution in [0.3, 0.4) is 0 Å². The number of imidazole rings is 1. The number of nitrogens with one attached hydrogen (secondary N) is 2. The molecule has 1 fully saturated rings. The number of rotatable bonds is 26. The number of hydrogen-bond acceptors (Lipinski definition) is 20. The number of fused-ring (bicyclic) bond motifs is 1. The van der Waals surface area contributed by atoms with Crippen molar-refractivity contribution in [3.63, 3.8) is 0 Å². The molecule has 31 heteroatoms. The number of aromatic nitrogens is 4. The molecule has 2 aromatic rings. The number of aliphatic carboxylic acids is 1. The molecule has 63 heavy (non-hydrogen) atoms. The van der Waals surface area contributed by atoms with Gasteiger partial charge < -0.3 is 61.1 Å². The van der Waals surface area contributed by atoms with Gasteiger partial charge in [-0.3, -0.25) is 37.3 Å². The highest BCUT2D eigenvalue weighted by molar-refractivity contribution is 8.13. The number of phosphoric acid groups is 3. The first-order valence-electron chi connectivity index (χ1n) is 18.7. The van der Waals surface area contributed by atoms with Crippen LogP contribution in [0.1, 0.15) is 66.0 Å². The molecule has 3 rings (SSSR count). The van der Waals surface area contributed by atoms with E-state index < -0.39 is 114 Å². The van der Waals surface area contributed by atoms with Crippen LogP contribution in [-0.4, -0.2) is 144 Å². The molecule has 27 nitrogen and oxygen atoms in total. The van der Waals surface area contributed by atoms with Gasteiger partial charge in [0.15, 0.2) is 22.8 Å². The summed E-state index contributed by atoms with van der Waals surface area (Å²) in [6, 6.07) is 0. The molecule has 12 N–H and O–H groups in total. The van der Waals surface area contributed by atoms with Gasteiger partial charge in [-0.1, -0.05) is 37.3 Å². The fourth-order valence-corrected chi connectivity index (χ4v) is 9.40. The van der Waals surface area contributed by atoms with E-state index in [2.05, 4.69) is 34.4 Å². The van der Waals surface area contributed by atoms with Crippen LogP contribution in [0.5, 0.6) is 0 Å². The highest BCUT2D eigenvalue weighted by Crippen LogP contribution is 2.61. The Hall–Kier alpha value is -3.27. The first-order chi connectivity index (χ1) is 29.0. The predicted octanol–water partition coefficient (Wildman–Crippen LogP) is 0.00700. The number of carboxylic acids is 1. The molecule has 1 aliphatic heterocycles. The number of nitrogens with two attached hydrogens (primary N) is 1. The number of anilines is 1. The molecule has 2 aromatic heterocycles. The smallest absolute Gasteiger partial charge is 0.481 e. The summed E-state index contributed by atoms with van der Waals surface area (Å²) >= 11 is 0.796. The van der Waals surface area contributed by atoms with E-state index in [-0.39, 0.29) is 48.7 Å². The molecule has 1 saturated heterocycles. The Morgan fingerprint density at radius 3 is 2.33 bits per heavy atom. The summed E-state index contributed by atoms with van der Waals surface area (Å²) in [7, 11) is -16.5. The molecule has 1 aliphatic rings. The van der Waals surface area contributed by atoms with Gasteiger partial charge in [-0.25, -0.2) is 28.6 Å². The monoisotopic (exact) mass is 979 g/mol. The molecule has 8 atom stereocenters. The summed E-state index contributed by atoms with van der Waals surface area (Å²) in [5, 5.41) is 45.7. The van der Waals surface area contributed by atoms with Gasteiger partial charge in [-0.2, -0.15) is 4.31 Å². The fraction of sp³-hybridized carbons (Fsp3) is 0.656. The first kappa shape index (κ1) is 54.1. The molecule has 356 valence electrons. The average molecular weight is 980 g/mol. The maximum atomic E-state index is 12.7. The average Bonchev–Trinajstić information content (AvgIpc) is 3.70. The minimum absolute atomic E-state index is 0.0141. The molecule has 3 unspecified atom stereocenters. The van der Waals surface area contributed by atoms with E-state index in [9.17, 15) is 67.8 Å². The summed E-state index contributed by atoms with van der Waals surface area (Å²) in [4.78, 5) is 99.6. The third-order valence-electron chi connectivity index (χ3n) is 8.88. The lowest BCUT2D eigenvalue weighted by Crippen LogP contribution is -2.46. The van der Waals surface area contributed by atoms with Crippen molar-refractivity contribution in [1.82, 2.24) is 30.2 Å². The maximum Gasteiger partial charge on any atom is 0.481 e. The maximum absolute atomic E-state index is 12.7. The van der Waals surface area contributed by atoms with Crippen molar-refractivity contribution in [1.29, 1.82) is 0 Å². The molecule has 0 aromatic carbocycles. The molecular weight excluding hydrogens is 927 g/mol. The number of nitrogens with zero attached hydrogens (tertiary/aromatic N) is 4. The van der Waals surface area contributed by atoms with Crippen LogP contribution in [0.25, 0.3) is 11.2 Å². The van der Waals surface area contributed by atoms with Crippen molar-refractivity contribution in [2.24, 2.45) is 5.41 Å². The number of carbonyl (C=O) groups is 4. The zero-order valence-electron chi connectivity index (χ0n) is 34.3. The summed E-state index contributed by atoms with van der Waals surface area (Å²) in [6.45, 7) is 3.76. The second kappa shape index (κ2) is 22.8. The van der Waals surface area contributed by atoms with Crippen LogP contribution in [-0.2, 0) is 55.5 Å². The lowest BCUT2D eigenvalue weighted by Gasteiger charge is -2.30. The van der Waals surface area contributed by atoms with Gasteiger partial charge in [0.05, 0.1) is 31.6 Å². The Morgan fingerprint density at radius 1 is 1.03 bits per heavy atom. The quantitative estimate of drug-likeness (QED) is 0.0336. The predicted molar refractivity (Wildman–Crippen MR) is 218 cm³/mol. The van der Waals surface area contributed by atoms with Gasteiger partial charge in [0.2, 0.25) is 11.8 Å². The van der Waals surface area contributed by atoms with E-state index in [0.29, 0.717) is 6.42 Å². The van der Waals surface area contributed by atoms with Crippen LogP contribution in [0.2, 0.25) is 0 Å². The van der Waals surface area contributed by atoms with Gasteiger partial charge in [-0.05, 0) is 26.7 Å². The molecular formula is C32H52N7O20P3S. The van der Waals surface area contributed by atoms with Crippen molar-refractivity contribution in [3.05, 3.63) is 24.3 Å². The van der Waals surface area contributed by atoms with Crippen molar-refractivity contribution in [3.8, 4) is 0 Å². The van der Waals surface area contributed by atoms with Crippen molar-refractivity contribution in [2.45, 2.75) is 96.0 Å². The Labute approximate surface area is 363 Å². The Kier molecular flexibility index (Phi) is 19.5. The second-order valence-corrected chi connectivity index (χ2v) is 20.5.